The number of carbonyl (C=O) groups is 1. The van der Waals surface area contributed by atoms with Gasteiger partial charge in [0.2, 0.25) is 0 Å². The summed E-state index contributed by atoms with van der Waals surface area (Å²) in [6.07, 6.45) is 6.13. The lowest BCUT2D eigenvalue weighted by molar-refractivity contribution is 0.101. The largest absolute Gasteiger partial charge is 0.381 e. The minimum Gasteiger partial charge on any atom is -0.381 e. The monoisotopic (exact) mass is 467 g/mol. The number of ketones is 1. The predicted octanol–water partition coefficient (Wildman–Crippen LogP) is 6.74. The molecular weight excluding hydrogens is 437 g/mol. The van der Waals surface area contributed by atoms with Crippen molar-refractivity contribution in [3.63, 3.8) is 0 Å². The Morgan fingerprint density at radius 3 is 2.52 bits per heavy atom. The lowest BCUT2D eigenvalue weighted by atomic mass is 9.85. The van der Waals surface area contributed by atoms with Gasteiger partial charge in [0.25, 0.3) is 0 Å². The molecule has 1 N–H and O–H groups in total. The average molecular weight is 468 g/mol. The number of fused-ring (bicyclic) bond motifs is 1. The Labute approximate surface area is 200 Å². The lowest BCUT2D eigenvalue weighted by Crippen LogP contribution is -2.31. The summed E-state index contributed by atoms with van der Waals surface area (Å²) in [5.41, 5.74) is 4.18. The summed E-state index contributed by atoms with van der Waals surface area (Å²) >= 11 is 6.24. The van der Waals surface area contributed by atoms with Gasteiger partial charge in [-0.1, -0.05) is 17.7 Å². The zero-order valence-corrected chi connectivity index (χ0v) is 20.5. The third-order valence-electron chi connectivity index (χ3n) is 6.68. The van der Waals surface area contributed by atoms with Gasteiger partial charge in [0.1, 0.15) is 5.82 Å². The molecule has 0 spiro atoms. The van der Waals surface area contributed by atoms with E-state index in [-0.39, 0.29) is 11.6 Å². The first-order valence-electron chi connectivity index (χ1n) is 11.5. The van der Waals surface area contributed by atoms with E-state index in [1.165, 1.54) is 18.9 Å². The first kappa shape index (κ1) is 23.7. The van der Waals surface area contributed by atoms with Crippen molar-refractivity contribution in [2.45, 2.75) is 45.6 Å². The van der Waals surface area contributed by atoms with Gasteiger partial charge in [-0.15, -0.1) is 0 Å². The first-order valence-corrected chi connectivity index (χ1v) is 11.9. The van der Waals surface area contributed by atoms with E-state index < -0.39 is 0 Å². The fraction of sp³-hybridized carbons (Fsp3) is 0.407. The van der Waals surface area contributed by atoms with Gasteiger partial charge in [0.05, 0.1) is 16.8 Å². The van der Waals surface area contributed by atoms with E-state index in [1.807, 2.05) is 18.2 Å². The number of nitrogens with one attached hydrogen (secondary N) is 1. The predicted molar refractivity (Wildman–Crippen MR) is 135 cm³/mol. The molecule has 0 unspecified atom stereocenters. The van der Waals surface area contributed by atoms with Gasteiger partial charge in [0, 0.05) is 34.8 Å². The van der Waals surface area contributed by atoms with Gasteiger partial charge < -0.3 is 10.2 Å². The number of aromatic nitrogens is 1. The van der Waals surface area contributed by atoms with Crippen molar-refractivity contribution in [3.05, 3.63) is 58.5 Å². The van der Waals surface area contributed by atoms with Crippen LogP contribution in [0.2, 0.25) is 5.02 Å². The molecule has 1 aliphatic carbocycles. The van der Waals surface area contributed by atoms with Crippen LogP contribution < -0.4 is 5.32 Å². The smallest absolute Gasteiger partial charge is 0.163 e. The Bertz CT molecular complexity index is 1160. The van der Waals surface area contributed by atoms with Crippen LogP contribution in [0.3, 0.4) is 0 Å². The van der Waals surface area contributed by atoms with Gasteiger partial charge in [-0.3, -0.25) is 9.78 Å². The molecule has 3 aromatic rings. The summed E-state index contributed by atoms with van der Waals surface area (Å²) in [5.74, 6) is 0.358. The molecule has 0 aliphatic heterocycles. The van der Waals surface area contributed by atoms with Gasteiger partial charge in [-0.2, -0.15) is 0 Å². The van der Waals surface area contributed by atoms with Crippen LogP contribution in [0.5, 0.6) is 0 Å². The van der Waals surface area contributed by atoms with Crippen molar-refractivity contribution in [1.82, 2.24) is 9.88 Å². The topological polar surface area (TPSA) is 45.2 Å². The summed E-state index contributed by atoms with van der Waals surface area (Å²) in [7, 11) is 4.24. The van der Waals surface area contributed by atoms with Crippen LogP contribution in [-0.4, -0.2) is 42.3 Å². The third-order valence-corrected chi connectivity index (χ3v) is 7.07. The SMILES string of the molecule is CC(=O)c1cnc2ccc(-c3cc(F)c(C)c(Cl)c3)cc2c1NC1CCC(CN(C)C)CC1. The van der Waals surface area contributed by atoms with Crippen LogP contribution in [-0.2, 0) is 0 Å². The third kappa shape index (κ3) is 5.20. The molecule has 1 saturated carbocycles. The van der Waals surface area contributed by atoms with Crippen LogP contribution in [0.4, 0.5) is 10.1 Å². The van der Waals surface area contributed by atoms with E-state index >= 15 is 0 Å². The summed E-state index contributed by atoms with van der Waals surface area (Å²) in [6.45, 7) is 4.35. The number of hydrogen-bond acceptors (Lipinski definition) is 4. The normalized spacial score (nSPS) is 18.6. The Kier molecular flexibility index (Phi) is 7.01. The van der Waals surface area contributed by atoms with Crippen molar-refractivity contribution in [1.29, 1.82) is 0 Å². The molecule has 0 radical (unpaired) electrons. The van der Waals surface area contributed by atoms with Gasteiger partial charge in [-0.05, 0) is 94.9 Å². The van der Waals surface area contributed by atoms with E-state index in [4.69, 9.17) is 11.6 Å². The number of anilines is 1. The molecule has 1 aliphatic rings. The molecule has 1 aromatic heterocycles. The van der Waals surface area contributed by atoms with Crippen molar-refractivity contribution in [2.75, 3.05) is 26.0 Å². The molecule has 4 rings (SSSR count). The number of halogens is 2. The number of pyridine rings is 1. The number of hydrogen-bond donors (Lipinski definition) is 1. The second kappa shape index (κ2) is 9.78. The van der Waals surface area contributed by atoms with E-state index in [2.05, 4.69) is 29.3 Å². The molecule has 0 atom stereocenters. The minimum atomic E-state index is -0.332. The molecule has 0 saturated heterocycles. The second-order valence-electron chi connectivity index (χ2n) is 9.52. The summed E-state index contributed by atoms with van der Waals surface area (Å²) in [5, 5.41) is 4.95. The summed E-state index contributed by atoms with van der Waals surface area (Å²) in [6, 6.07) is 9.41. The Morgan fingerprint density at radius 2 is 1.88 bits per heavy atom. The van der Waals surface area contributed by atoms with E-state index in [0.29, 0.717) is 33.7 Å². The Balaban J connectivity index is 1.71. The zero-order valence-electron chi connectivity index (χ0n) is 19.7. The molecule has 174 valence electrons. The second-order valence-corrected chi connectivity index (χ2v) is 9.93. The maximum absolute atomic E-state index is 14.4. The van der Waals surface area contributed by atoms with E-state index in [0.717, 1.165) is 41.5 Å². The Hall–Kier alpha value is -2.50. The minimum absolute atomic E-state index is 0.0250. The molecule has 1 fully saturated rings. The maximum Gasteiger partial charge on any atom is 0.163 e. The van der Waals surface area contributed by atoms with Crippen molar-refractivity contribution >= 4 is 34.0 Å². The lowest BCUT2D eigenvalue weighted by Gasteiger charge is -2.32. The van der Waals surface area contributed by atoms with Crippen LogP contribution in [0.25, 0.3) is 22.0 Å². The van der Waals surface area contributed by atoms with E-state index in [1.54, 1.807) is 26.1 Å². The summed E-state index contributed by atoms with van der Waals surface area (Å²) < 4.78 is 14.4. The molecule has 0 bridgehead atoms. The highest BCUT2D eigenvalue weighted by molar-refractivity contribution is 6.31. The maximum atomic E-state index is 14.4. The molecule has 2 aromatic carbocycles. The highest BCUT2D eigenvalue weighted by Gasteiger charge is 2.24. The molecular formula is C27H31ClFN3O. The molecule has 4 nitrogen and oxygen atoms in total. The average Bonchev–Trinajstić information content (AvgIpc) is 2.77. The number of rotatable bonds is 6. The van der Waals surface area contributed by atoms with Crippen LogP contribution in [0.1, 0.15) is 48.5 Å². The van der Waals surface area contributed by atoms with Crippen LogP contribution >= 0.6 is 11.6 Å². The standard InChI is InChI=1S/C27H31ClFN3O/c1-16-24(28)12-20(13-25(16)29)19-7-10-26-22(11-19)27(23(14-30-26)17(2)33)31-21-8-5-18(6-9-21)15-32(3)4/h7,10-14,18,21H,5-6,8-9,15H2,1-4H3,(H,30,31). The molecule has 0 amide bonds. The highest BCUT2D eigenvalue weighted by Crippen LogP contribution is 2.35. The fourth-order valence-corrected chi connectivity index (χ4v) is 5.02. The number of benzene rings is 2. The van der Waals surface area contributed by atoms with Gasteiger partial charge in [-0.25, -0.2) is 4.39 Å². The first-order chi connectivity index (χ1) is 15.7. The quantitative estimate of drug-likeness (QED) is 0.408. The van der Waals surface area contributed by atoms with Gasteiger partial charge >= 0.3 is 0 Å². The molecule has 33 heavy (non-hydrogen) atoms. The summed E-state index contributed by atoms with van der Waals surface area (Å²) in [4.78, 5) is 19.2. The highest BCUT2D eigenvalue weighted by atomic mass is 35.5. The number of Topliss-reactive ketones (excluding diaryl/α,β-unsaturated/α-hetero) is 1. The molecule has 6 heteroatoms. The van der Waals surface area contributed by atoms with Crippen molar-refractivity contribution in [3.8, 4) is 11.1 Å². The van der Waals surface area contributed by atoms with Crippen molar-refractivity contribution in [2.24, 2.45) is 5.92 Å². The molecule has 1 heterocycles. The number of nitrogens with zero attached hydrogens (tertiary/aromatic N) is 2. The number of carbonyl (C=O) groups excluding carboxylic acids is 1. The fourth-order valence-electron chi connectivity index (χ4n) is 4.82. The van der Waals surface area contributed by atoms with Crippen LogP contribution in [0, 0.1) is 18.7 Å². The van der Waals surface area contributed by atoms with Crippen molar-refractivity contribution < 1.29 is 9.18 Å². The van der Waals surface area contributed by atoms with E-state index in [9.17, 15) is 9.18 Å². The van der Waals surface area contributed by atoms with Crippen LogP contribution in [0.15, 0.2) is 36.5 Å². The Morgan fingerprint density at radius 1 is 1.15 bits per heavy atom. The van der Waals surface area contributed by atoms with Gasteiger partial charge in [0.15, 0.2) is 5.78 Å². The zero-order chi connectivity index (χ0) is 23.7.